The fourth-order valence-electron chi connectivity index (χ4n) is 4.25. The number of aryl methyl sites for hydroxylation is 1. The quantitative estimate of drug-likeness (QED) is 0.427. The van der Waals surface area contributed by atoms with Crippen LogP contribution in [0.2, 0.25) is 0 Å². The molecular formula is C25H25N3O5S. The molecule has 0 fully saturated rings. The number of carboxylic acids is 1. The fourth-order valence-corrected chi connectivity index (χ4v) is 5.04. The smallest absolute Gasteiger partial charge is 0.407 e. The number of amides is 2. The van der Waals surface area contributed by atoms with E-state index < -0.39 is 24.0 Å². The molecule has 0 aliphatic heterocycles. The Morgan fingerprint density at radius 3 is 2.29 bits per heavy atom. The predicted octanol–water partition coefficient (Wildman–Crippen LogP) is 4.80. The molecule has 34 heavy (non-hydrogen) atoms. The molecule has 0 radical (unpaired) electrons. The Bertz CT molecular complexity index is 1190. The standard InChI is InChI=1S/C25H25N3O5S/c1-3-8-20(22(29)27-23-21(24(30)31)14(2)28-34-23)26-25(32)33-13-19-17-11-6-4-9-15(17)16-10-5-7-12-18(16)19/h4-7,9-12,19-20H,3,8,13H2,1-2H3,(H,26,32)(H,27,29)(H,30,31)/t20-/m0/s1. The molecule has 9 heteroatoms. The highest BCUT2D eigenvalue weighted by Crippen LogP contribution is 2.44. The number of carbonyl (C=O) groups is 3. The first-order valence-electron chi connectivity index (χ1n) is 11.0. The van der Waals surface area contributed by atoms with Crippen LogP contribution in [0.5, 0.6) is 0 Å². The number of fused-ring (bicyclic) bond motifs is 3. The lowest BCUT2D eigenvalue weighted by Crippen LogP contribution is -2.44. The molecule has 1 aliphatic carbocycles. The van der Waals surface area contributed by atoms with Crippen molar-refractivity contribution in [2.45, 2.75) is 38.6 Å². The van der Waals surface area contributed by atoms with Crippen molar-refractivity contribution in [2.24, 2.45) is 0 Å². The Hall–Kier alpha value is -3.72. The van der Waals surface area contributed by atoms with Crippen LogP contribution < -0.4 is 10.6 Å². The van der Waals surface area contributed by atoms with Gasteiger partial charge in [-0.1, -0.05) is 61.9 Å². The number of carboxylic acid groups (broad SMARTS) is 1. The summed E-state index contributed by atoms with van der Waals surface area (Å²) in [6.45, 7) is 3.59. The predicted molar refractivity (Wildman–Crippen MR) is 129 cm³/mol. The summed E-state index contributed by atoms with van der Waals surface area (Å²) >= 11 is 0.895. The first-order valence-corrected chi connectivity index (χ1v) is 11.8. The largest absolute Gasteiger partial charge is 0.478 e. The van der Waals surface area contributed by atoms with E-state index in [1.165, 1.54) is 0 Å². The number of anilines is 1. The van der Waals surface area contributed by atoms with Crippen LogP contribution in [0.15, 0.2) is 48.5 Å². The third-order valence-corrected chi connectivity index (χ3v) is 6.70. The Balaban J connectivity index is 1.42. The van der Waals surface area contributed by atoms with Gasteiger partial charge in [0.05, 0.1) is 5.69 Å². The molecule has 2 amide bonds. The highest BCUT2D eigenvalue weighted by Gasteiger charge is 2.30. The molecule has 0 unspecified atom stereocenters. The molecule has 1 heterocycles. The third-order valence-electron chi connectivity index (χ3n) is 5.84. The van der Waals surface area contributed by atoms with Crippen molar-refractivity contribution >= 4 is 34.5 Å². The molecule has 3 aromatic rings. The van der Waals surface area contributed by atoms with E-state index in [1.807, 2.05) is 43.3 Å². The van der Waals surface area contributed by atoms with Gasteiger partial charge in [-0.25, -0.2) is 9.59 Å². The van der Waals surface area contributed by atoms with Crippen molar-refractivity contribution in [3.05, 3.63) is 70.9 Å². The highest BCUT2D eigenvalue weighted by atomic mass is 32.1. The lowest BCUT2D eigenvalue weighted by Gasteiger charge is -2.19. The van der Waals surface area contributed by atoms with Crippen LogP contribution in [-0.4, -0.2) is 40.1 Å². The number of rotatable bonds is 8. The van der Waals surface area contributed by atoms with E-state index in [-0.39, 0.29) is 23.1 Å². The zero-order valence-corrected chi connectivity index (χ0v) is 19.6. The van der Waals surface area contributed by atoms with Crippen LogP contribution in [0.3, 0.4) is 0 Å². The minimum absolute atomic E-state index is 0.0465. The zero-order chi connectivity index (χ0) is 24.2. The lowest BCUT2D eigenvalue weighted by molar-refractivity contribution is -0.118. The second-order valence-corrected chi connectivity index (χ2v) is 8.85. The summed E-state index contributed by atoms with van der Waals surface area (Å²) in [4.78, 5) is 36.9. The summed E-state index contributed by atoms with van der Waals surface area (Å²) in [6, 6.07) is 15.2. The van der Waals surface area contributed by atoms with Crippen LogP contribution in [0, 0.1) is 6.92 Å². The SMILES string of the molecule is CCC[C@H](NC(=O)OCC1c2ccccc2-c2ccccc21)C(=O)Nc1snc(C)c1C(=O)O. The molecule has 0 bridgehead atoms. The average molecular weight is 480 g/mol. The minimum Gasteiger partial charge on any atom is -0.478 e. The number of nitrogens with zero attached hydrogens (tertiary/aromatic N) is 1. The number of alkyl carbamates (subject to hydrolysis) is 1. The van der Waals surface area contributed by atoms with E-state index in [9.17, 15) is 19.5 Å². The molecule has 1 aromatic heterocycles. The van der Waals surface area contributed by atoms with Crippen molar-refractivity contribution in [2.75, 3.05) is 11.9 Å². The van der Waals surface area contributed by atoms with Gasteiger partial charge in [0.1, 0.15) is 23.2 Å². The van der Waals surface area contributed by atoms with Gasteiger partial charge in [0.2, 0.25) is 5.91 Å². The van der Waals surface area contributed by atoms with Crippen LogP contribution >= 0.6 is 11.5 Å². The van der Waals surface area contributed by atoms with Gasteiger partial charge in [0.15, 0.2) is 0 Å². The monoisotopic (exact) mass is 479 g/mol. The van der Waals surface area contributed by atoms with Gasteiger partial charge in [-0.3, -0.25) is 4.79 Å². The molecular weight excluding hydrogens is 454 g/mol. The summed E-state index contributed by atoms with van der Waals surface area (Å²) in [5.74, 6) is -1.77. The Labute approximate surface area is 201 Å². The third kappa shape index (κ3) is 4.65. The average Bonchev–Trinajstić information content (AvgIpc) is 3.35. The first kappa shape index (κ1) is 23.4. The first-order chi connectivity index (χ1) is 16.4. The maximum absolute atomic E-state index is 12.8. The number of benzene rings is 2. The second-order valence-electron chi connectivity index (χ2n) is 8.08. The van der Waals surface area contributed by atoms with Crippen LogP contribution in [0.25, 0.3) is 11.1 Å². The van der Waals surface area contributed by atoms with E-state index in [2.05, 4.69) is 27.1 Å². The highest BCUT2D eigenvalue weighted by molar-refractivity contribution is 7.11. The molecule has 176 valence electrons. The molecule has 0 saturated carbocycles. The van der Waals surface area contributed by atoms with Gasteiger partial charge in [0, 0.05) is 5.92 Å². The summed E-state index contributed by atoms with van der Waals surface area (Å²) in [5.41, 5.74) is 4.73. The van der Waals surface area contributed by atoms with E-state index >= 15 is 0 Å². The zero-order valence-electron chi connectivity index (χ0n) is 18.8. The van der Waals surface area contributed by atoms with Gasteiger partial charge in [-0.05, 0) is 47.1 Å². The normalized spacial score (nSPS) is 13.0. The Morgan fingerprint density at radius 2 is 1.71 bits per heavy atom. The molecule has 1 atom stereocenters. The van der Waals surface area contributed by atoms with E-state index in [1.54, 1.807) is 6.92 Å². The summed E-state index contributed by atoms with van der Waals surface area (Å²) in [5, 5.41) is 14.7. The maximum Gasteiger partial charge on any atom is 0.407 e. The number of ether oxygens (including phenoxy) is 1. The van der Waals surface area contributed by atoms with Crippen molar-refractivity contribution in [1.29, 1.82) is 0 Å². The number of nitrogens with one attached hydrogen (secondary N) is 2. The van der Waals surface area contributed by atoms with Gasteiger partial charge in [0.25, 0.3) is 0 Å². The fraction of sp³-hybridized carbons (Fsp3) is 0.280. The number of carbonyl (C=O) groups excluding carboxylic acids is 2. The Kier molecular flexibility index (Phi) is 6.93. The summed E-state index contributed by atoms with van der Waals surface area (Å²) in [7, 11) is 0. The molecule has 4 rings (SSSR count). The minimum atomic E-state index is -1.17. The van der Waals surface area contributed by atoms with Gasteiger partial charge >= 0.3 is 12.1 Å². The van der Waals surface area contributed by atoms with Crippen molar-refractivity contribution in [3.8, 4) is 11.1 Å². The molecule has 1 aliphatic rings. The summed E-state index contributed by atoms with van der Waals surface area (Å²) in [6.07, 6.45) is 0.306. The van der Waals surface area contributed by atoms with E-state index in [0.717, 1.165) is 33.8 Å². The molecule has 0 spiro atoms. The number of hydrogen-bond acceptors (Lipinski definition) is 6. The molecule has 2 aromatic carbocycles. The number of aromatic nitrogens is 1. The van der Waals surface area contributed by atoms with Crippen molar-refractivity contribution in [3.63, 3.8) is 0 Å². The van der Waals surface area contributed by atoms with E-state index in [0.29, 0.717) is 18.5 Å². The van der Waals surface area contributed by atoms with Gasteiger partial charge in [-0.2, -0.15) is 4.37 Å². The number of aromatic carboxylic acids is 1. The molecule has 3 N–H and O–H groups in total. The number of hydrogen-bond donors (Lipinski definition) is 3. The Morgan fingerprint density at radius 1 is 1.09 bits per heavy atom. The molecule has 8 nitrogen and oxygen atoms in total. The van der Waals surface area contributed by atoms with Crippen LogP contribution in [0.4, 0.5) is 9.80 Å². The molecule has 0 saturated heterocycles. The van der Waals surface area contributed by atoms with Crippen LogP contribution in [-0.2, 0) is 9.53 Å². The summed E-state index contributed by atoms with van der Waals surface area (Å²) < 4.78 is 9.55. The van der Waals surface area contributed by atoms with Crippen LogP contribution in [0.1, 0.15) is 52.9 Å². The van der Waals surface area contributed by atoms with Gasteiger partial charge in [-0.15, -0.1) is 0 Å². The topological polar surface area (TPSA) is 118 Å². The lowest BCUT2D eigenvalue weighted by atomic mass is 9.98. The van der Waals surface area contributed by atoms with Crippen molar-refractivity contribution in [1.82, 2.24) is 9.69 Å². The maximum atomic E-state index is 12.8. The second kappa shape index (κ2) is 10.0. The van der Waals surface area contributed by atoms with E-state index in [4.69, 9.17) is 4.74 Å². The van der Waals surface area contributed by atoms with Gasteiger partial charge < -0.3 is 20.5 Å². The van der Waals surface area contributed by atoms with Crippen molar-refractivity contribution < 1.29 is 24.2 Å².